The summed E-state index contributed by atoms with van der Waals surface area (Å²) in [6.07, 6.45) is 4.48. The first kappa shape index (κ1) is 19.1. The molecule has 3 rings (SSSR count). The Hall–Kier alpha value is -0.693. The minimum Gasteiger partial charge on any atom is -0.361 e. The van der Waals surface area contributed by atoms with Gasteiger partial charge in [0.15, 0.2) is 0 Å². The van der Waals surface area contributed by atoms with E-state index in [2.05, 4.69) is 69.1 Å². The Morgan fingerprint density at radius 1 is 1.32 bits per heavy atom. The number of likely N-dealkylation sites (tertiary alicyclic amines) is 1. The standard InChI is InChI=1S/C19H30BrN3OSi/c1-15-6-5-7-22(15)13-17-11-18-19(10-16(20)12-21-18)23(17)14-24-8-9-25(2,3)4/h10-12,15H,5-9,13-14H2,1-4H3/t15-/m0/s1. The van der Waals surface area contributed by atoms with E-state index >= 15 is 0 Å². The first-order valence-electron chi connectivity index (χ1n) is 9.29. The van der Waals surface area contributed by atoms with Crippen LogP contribution in [-0.4, -0.2) is 41.7 Å². The van der Waals surface area contributed by atoms with Gasteiger partial charge in [0.1, 0.15) is 6.73 Å². The zero-order valence-electron chi connectivity index (χ0n) is 15.9. The molecular weight excluding hydrogens is 394 g/mol. The molecule has 0 spiro atoms. The average molecular weight is 424 g/mol. The van der Waals surface area contributed by atoms with Crippen molar-refractivity contribution in [1.29, 1.82) is 0 Å². The zero-order chi connectivity index (χ0) is 18.0. The van der Waals surface area contributed by atoms with Crippen LogP contribution in [0.4, 0.5) is 0 Å². The van der Waals surface area contributed by atoms with Gasteiger partial charge >= 0.3 is 0 Å². The predicted octanol–water partition coefficient (Wildman–Crippen LogP) is 5.10. The van der Waals surface area contributed by atoms with Crippen molar-refractivity contribution in [2.75, 3.05) is 13.2 Å². The van der Waals surface area contributed by atoms with Crippen LogP contribution in [0.3, 0.4) is 0 Å². The van der Waals surface area contributed by atoms with Gasteiger partial charge in [0.2, 0.25) is 0 Å². The zero-order valence-corrected chi connectivity index (χ0v) is 18.5. The van der Waals surface area contributed by atoms with Gasteiger partial charge in [0.25, 0.3) is 0 Å². The van der Waals surface area contributed by atoms with Crippen LogP contribution in [0.2, 0.25) is 25.7 Å². The fourth-order valence-electron chi connectivity index (χ4n) is 3.41. The lowest BCUT2D eigenvalue weighted by Crippen LogP contribution is -2.27. The number of rotatable bonds is 7. The SMILES string of the molecule is C[C@H]1CCCN1Cc1cc2ncc(Br)cc2n1COCC[Si](C)(C)C. The third kappa shape index (κ3) is 4.93. The summed E-state index contributed by atoms with van der Waals surface area (Å²) in [5, 5.41) is 0. The maximum absolute atomic E-state index is 6.07. The number of fused-ring (bicyclic) bond motifs is 1. The molecule has 0 N–H and O–H groups in total. The Bertz CT molecular complexity index is 725. The van der Waals surface area contributed by atoms with Crippen molar-refractivity contribution in [3.63, 3.8) is 0 Å². The number of aromatic nitrogens is 2. The van der Waals surface area contributed by atoms with Gasteiger partial charge < -0.3 is 9.30 Å². The summed E-state index contributed by atoms with van der Waals surface area (Å²) in [5.41, 5.74) is 3.52. The normalized spacial score (nSPS) is 19.2. The van der Waals surface area contributed by atoms with Gasteiger partial charge in [-0.25, -0.2) is 0 Å². The molecule has 0 amide bonds. The van der Waals surface area contributed by atoms with Crippen LogP contribution in [0.5, 0.6) is 0 Å². The molecule has 0 saturated carbocycles. The van der Waals surface area contributed by atoms with Gasteiger partial charge in [0, 0.05) is 43.6 Å². The summed E-state index contributed by atoms with van der Waals surface area (Å²) < 4.78 is 9.39. The first-order valence-corrected chi connectivity index (χ1v) is 13.8. The minimum absolute atomic E-state index is 0.615. The van der Waals surface area contributed by atoms with Crippen LogP contribution < -0.4 is 0 Å². The van der Waals surface area contributed by atoms with Gasteiger partial charge in [-0.15, -0.1) is 0 Å². The molecular formula is C19H30BrN3OSi. The molecule has 6 heteroatoms. The smallest absolute Gasteiger partial charge is 0.123 e. The third-order valence-electron chi connectivity index (χ3n) is 5.08. The molecule has 25 heavy (non-hydrogen) atoms. The van der Waals surface area contributed by atoms with Crippen molar-refractivity contribution in [2.45, 2.75) is 64.8 Å². The van der Waals surface area contributed by atoms with Gasteiger partial charge in [-0.3, -0.25) is 9.88 Å². The second-order valence-electron chi connectivity index (χ2n) is 8.43. The Kier molecular flexibility index (Phi) is 6.03. The second-order valence-corrected chi connectivity index (χ2v) is 15.0. The molecule has 2 aromatic heterocycles. The predicted molar refractivity (Wildman–Crippen MR) is 111 cm³/mol. The molecule has 0 aromatic carbocycles. The lowest BCUT2D eigenvalue weighted by molar-refractivity contribution is 0.0862. The molecule has 0 unspecified atom stereocenters. The van der Waals surface area contributed by atoms with Gasteiger partial charge in [0.05, 0.1) is 11.0 Å². The molecule has 1 atom stereocenters. The molecule has 3 heterocycles. The van der Waals surface area contributed by atoms with E-state index in [9.17, 15) is 0 Å². The number of hydrogen-bond donors (Lipinski definition) is 0. The number of pyridine rings is 1. The van der Waals surface area contributed by atoms with E-state index in [-0.39, 0.29) is 0 Å². The summed E-state index contributed by atoms with van der Waals surface area (Å²) in [7, 11) is -1.06. The van der Waals surface area contributed by atoms with Crippen LogP contribution in [0, 0.1) is 0 Å². The molecule has 4 nitrogen and oxygen atoms in total. The molecule has 2 aromatic rings. The highest BCUT2D eigenvalue weighted by Gasteiger charge is 2.22. The van der Waals surface area contributed by atoms with Crippen molar-refractivity contribution in [3.8, 4) is 0 Å². The molecule has 1 saturated heterocycles. The van der Waals surface area contributed by atoms with E-state index in [0.717, 1.165) is 28.7 Å². The molecule has 0 radical (unpaired) electrons. The van der Waals surface area contributed by atoms with Crippen molar-refractivity contribution in [2.24, 2.45) is 0 Å². The van der Waals surface area contributed by atoms with Crippen LogP contribution in [-0.2, 0) is 18.0 Å². The Morgan fingerprint density at radius 3 is 2.80 bits per heavy atom. The monoisotopic (exact) mass is 423 g/mol. The van der Waals surface area contributed by atoms with Gasteiger partial charge in [-0.2, -0.15) is 0 Å². The summed E-state index contributed by atoms with van der Waals surface area (Å²) in [6.45, 7) is 13.1. The van der Waals surface area contributed by atoms with E-state index in [1.54, 1.807) is 0 Å². The van der Waals surface area contributed by atoms with Crippen LogP contribution >= 0.6 is 15.9 Å². The van der Waals surface area contributed by atoms with Gasteiger partial charge in [-0.1, -0.05) is 19.6 Å². The highest BCUT2D eigenvalue weighted by atomic mass is 79.9. The van der Waals surface area contributed by atoms with E-state index in [1.165, 1.54) is 31.1 Å². The van der Waals surface area contributed by atoms with Crippen molar-refractivity contribution < 1.29 is 4.74 Å². The number of ether oxygens (including phenoxy) is 1. The Morgan fingerprint density at radius 2 is 2.12 bits per heavy atom. The number of hydrogen-bond acceptors (Lipinski definition) is 3. The number of nitrogens with zero attached hydrogens (tertiary/aromatic N) is 3. The van der Waals surface area contributed by atoms with Crippen molar-refractivity contribution >= 4 is 35.0 Å². The summed E-state index contributed by atoms with van der Waals surface area (Å²) >= 11 is 3.56. The average Bonchev–Trinajstić information content (AvgIpc) is 3.07. The first-order chi connectivity index (χ1) is 11.8. The van der Waals surface area contributed by atoms with E-state index < -0.39 is 8.07 Å². The summed E-state index contributed by atoms with van der Waals surface area (Å²) in [4.78, 5) is 7.16. The molecule has 138 valence electrons. The Labute approximate surface area is 160 Å². The van der Waals surface area contributed by atoms with Crippen LogP contribution in [0.15, 0.2) is 22.8 Å². The minimum atomic E-state index is -1.06. The summed E-state index contributed by atoms with van der Waals surface area (Å²) in [6, 6.07) is 6.25. The third-order valence-corrected chi connectivity index (χ3v) is 7.22. The van der Waals surface area contributed by atoms with Crippen LogP contribution in [0.1, 0.15) is 25.5 Å². The molecule has 1 aliphatic heterocycles. The molecule has 0 bridgehead atoms. The fourth-order valence-corrected chi connectivity index (χ4v) is 4.49. The lowest BCUT2D eigenvalue weighted by Gasteiger charge is -2.22. The quantitative estimate of drug-likeness (QED) is 0.458. The topological polar surface area (TPSA) is 30.3 Å². The van der Waals surface area contributed by atoms with Gasteiger partial charge in [-0.05, 0) is 60.4 Å². The van der Waals surface area contributed by atoms with E-state index in [1.807, 2.05) is 6.20 Å². The molecule has 0 aliphatic carbocycles. The highest BCUT2D eigenvalue weighted by Crippen LogP contribution is 2.25. The van der Waals surface area contributed by atoms with Crippen molar-refractivity contribution in [3.05, 3.63) is 28.5 Å². The summed E-state index contributed by atoms with van der Waals surface area (Å²) in [5.74, 6) is 0. The maximum atomic E-state index is 6.07. The van der Waals surface area contributed by atoms with Crippen molar-refractivity contribution in [1.82, 2.24) is 14.5 Å². The van der Waals surface area contributed by atoms with Crippen LogP contribution in [0.25, 0.3) is 11.0 Å². The lowest BCUT2D eigenvalue weighted by atomic mass is 10.2. The number of halogens is 1. The van der Waals surface area contributed by atoms with E-state index in [4.69, 9.17) is 4.74 Å². The largest absolute Gasteiger partial charge is 0.361 e. The molecule has 1 aliphatic rings. The highest BCUT2D eigenvalue weighted by molar-refractivity contribution is 9.10. The fraction of sp³-hybridized carbons (Fsp3) is 0.632. The van der Waals surface area contributed by atoms with E-state index in [0.29, 0.717) is 12.8 Å². The maximum Gasteiger partial charge on any atom is 0.123 e. The molecule has 1 fully saturated rings. The second kappa shape index (κ2) is 7.90. The Balaban J connectivity index is 1.79.